The summed E-state index contributed by atoms with van der Waals surface area (Å²) in [5.74, 6) is -4.67. The molecule has 9 heteroatoms. The maximum atomic E-state index is 14.3. The number of aromatic nitrogens is 2. The summed E-state index contributed by atoms with van der Waals surface area (Å²) in [4.78, 5) is 24.6. The highest BCUT2D eigenvalue weighted by molar-refractivity contribution is 6.03. The van der Waals surface area contributed by atoms with Crippen LogP contribution in [0.4, 0.5) is 14.6 Å². The summed E-state index contributed by atoms with van der Waals surface area (Å²) >= 11 is 0. The molecule has 1 aromatic heterocycles. The fourth-order valence-electron chi connectivity index (χ4n) is 2.93. The van der Waals surface area contributed by atoms with Crippen LogP contribution in [0.1, 0.15) is 24.3 Å². The summed E-state index contributed by atoms with van der Waals surface area (Å²) in [5.41, 5.74) is 0.634. The predicted octanol–water partition coefficient (Wildman–Crippen LogP) is 1.95. The van der Waals surface area contributed by atoms with Crippen molar-refractivity contribution in [1.29, 1.82) is 0 Å². The van der Waals surface area contributed by atoms with Crippen LogP contribution in [-0.2, 0) is 16.0 Å². The van der Waals surface area contributed by atoms with Crippen molar-refractivity contribution in [3.63, 3.8) is 0 Å². The number of carbonyl (C=O) groups excluding carboxylic acids is 2. The number of nitrogens with zero attached hydrogens (tertiary/aromatic N) is 2. The number of carbonyl (C=O) groups is 2. The lowest BCUT2D eigenvalue weighted by Crippen LogP contribution is -2.48. The molecule has 138 valence electrons. The summed E-state index contributed by atoms with van der Waals surface area (Å²) in [7, 11) is 0. The topological polar surface area (TPSA) is 93.5 Å². The van der Waals surface area contributed by atoms with Gasteiger partial charge in [0.15, 0.2) is 5.92 Å². The zero-order valence-electron chi connectivity index (χ0n) is 14.1. The van der Waals surface area contributed by atoms with E-state index in [0.29, 0.717) is 12.1 Å². The van der Waals surface area contributed by atoms with Crippen LogP contribution in [0, 0.1) is 17.6 Å². The van der Waals surface area contributed by atoms with E-state index in [4.69, 9.17) is 4.74 Å². The molecule has 2 heterocycles. The van der Waals surface area contributed by atoms with Crippen molar-refractivity contribution in [3.8, 4) is 11.1 Å². The first-order valence-corrected chi connectivity index (χ1v) is 8.11. The van der Waals surface area contributed by atoms with E-state index in [9.17, 15) is 23.5 Å². The van der Waals surface area contributed by atoms with Crippen molar-refractivity contribution in [1.82, 2.24) is 9.78 Å². The average Bonchev–Trinajstić information content (AvgIpc) is 2.94. The van der Waals surface area contributed by atoms with Crippen LogP contribution < -0.4 is 5.32 Å². The number of anilines is 1. The molecule has 1 aliphatic heterocycles. The fraction of sp³-hybridized carbons (Fsp3) is 0.353. The molecule has 2 unspecified atom stereocenters. The molecule has 2 aromatic rings. The van der Waals surface area contributed by atoms with Gasteiger partial charge in [0.2, 0.25) is 0 Å². The molecule has 1 aliphatic rings. The van der Waals surface area contributed by atoms with E-state index in [1.54, 1.807) is 13.8 Å². The predicted molar refractivity (Wildman–Crippen MR) is 87.3 cm³/mol. The number of hydrogen-bond donors (Lipinski definition) is 2. The number of benzene rings is 1. The van der Waals surface area contributed by atoms with Crippen LogP contribution in [0.25, 0.3) is 11.1 Å². The summed E-state index contributed by atoms with van der Waals surface area (Å²) in [6.45, 7) is 3.38. The van der Waals surface area contributed by atoms with Crippen molar-refractivity contribution in [2.75, 3.05) is 11.9 Å². The number of ether oxygens (including phenoxy) is 1. The first-order valence-electron chi connectivity index (χ1n) is 8.11. The lowest BCUT2D eigenvalue weighted by atomic mass is 10.0. The molecule has 26 heavy (non-hydrogen) atoms. The smallest absolute Gasteiger partial charge is 0.323 e. The highest BCUT2D eigenvalue weighted by Gasteiger charge is 2.43. The van der Waals surface area contributed by atoms with Crippen LogP contribution in [0.5, 0.6) is 0 Å². The zero-order valence-corrected chi connectivity index (χ0v) is 14.1. The molecule has 2 N–H and O–H groups in total. The van der Waals surface area contributed by atoms with Gasteiger partial charge < -0.3 is 15.2 Å². The second-order valence-corrected chi connectivity index (χ2v) is 5.72. The normalized spacial score (nSPS) is 19.0. The maximum Gasteiger partial charge on any atom is 0.323 e. The van der Waals surface area contributed by atoms with E-state index in [0.717, 1.165) is 16.8 Å². The Morgan fingerprint density at radius 3 is 2.73 bits per heavy atom. The molecule has 0 aliphatic carbocycles. The Kier molecular flexibility index (Phi) is 4.73. The molecule has 0 radical (unpaired) electrons. The Bertz CT molecular complexity index is 881. The zero-order chi connectivity index (χ0) is 19.0. The van der Waals surface area contributed by atoms with Gasteiger partial charge in [0, 0.05) is 11.6 Å². The summed E-state index contributed by atoms with van der Waals surface area (Å²) in [6, 6.07) is 3.05. The SMILES string of the molecule is CCOC(=O)C1C(=O)n2nc(CC)c(-c3ccc(F)cc3F)c2NC1O. The number of halogens is 2. The molecule has 0 fully saturated rings. The fourth-order valence-corrected chi connectivity index (χ4v) is 2.93. The van der Waals surface area contributed by atoms with Crippen LogP contribution >= 0.6 is 0 Å². The molecule has 0 saturated heterocycles. The summed E-state index contributed by atoms with van der Waals surface area (Å²) < 4.78 is 33.2. The van der Waals surface area contributed by atoms with Gasteiger partial charge in [-0.3, -0.25) is 9.59 Å². The van der Waals surface area contributed by atoms with E-state index in [1.807, 2.05) is 0 Å². The van der Waals surface area contributed by atoms with Crippen LogP contribution in [-0.4, -0.2) is 39.6 Å². The Balaban J connectivity index is 2.13. The lowest BCUT2D eigenvalue weighted by molar-refractivity contribution is -0.149. The van der Waals surface area contributed by atoms with Crippen molar-refractivity contribution in [2.24, 2.45) is 5.92 Å². The molecule has 2 atom stereocenters. The lowest BCUT2D eigenvalue weighted by Gasteiger charge is -2.27. The van der Waals surface area contributed by atoms with Crippen molar-refractivity contribution in [3.05, 3.63) is 35.5 Å². The first-order chi connectivity index (χ1) is 12.4. The van der Waals surface area contributed by atoms with Crippen LogP contribution in [0.2, 0.25) is 0 Å². The second-order valence-electron chi connectivity index (χ2n) is 5.72. The first kappa shape index (κ1) is 18.0. The number of rotatable bonds is 4. The van der Waals surface area contributed by atoms with E-state index < -0.39 is 35.7 Å². The third-order valence-electron chi connectivity index (χ3n) is 4.11. The molecular weight excluding hydrogens is 348 g/mol. The van der Waals surface area contributed by atoms with Crippen LogP contribution in [0.15, 0.2) is 18.2 Å². The summed E-state index contributed by atoms with van der Waals surface area (Å²) in [5, 5.41) is 17.0. The van der Waals surface area contributed by atoms with E-state index in [1.165, 1.54) is 6.07 Å². The van der Waals surface area contributed by atoms with Gasteiger partial charge in [-0.15, -0.1) is 0 Å². The van der Waals surface area contributed by atoms with Gasteiger partial charge in [-0.05, 0) is 25.5 Å². The largest absolute Gasteiger partial charge is 0.465 e. The Morgan fingerprint density at radius 1 is 1.38 bits per heavy atom. The van der Waals surface area contributed by atoms with E-state index in [-0.39, 0.29) is 23.6 Å². The van der Waals surface area contributed by atoms with Gasteiger partial charge >= 0.3 is 5.97 Å². The highest BCUT2D eigenvalue weighted by atomic mass is 19.1. The quantitative estimate of drug-likeness (QED) is 0.635. The van der Waals surface area contributed by atoms with Crippen molar-refractivity contribution in [2.45, 2.75) is 26.5 Å². The Hall–Kier alpha value is -2.81. The number of aliphatic hydroxyl groups excluding tert-OH is 1. The van der Waals surface area contributed by atoms with Crippen molar-refractivity contribution < 1.29 is 28.2 Å². The number of nitrogens with one attached hydrogen (secondary N) is 1. The molecule has 0 bridgehead atoms. The van der Waals surface area contributed by atoms with Gasteiger partial charge in [0.25, 0.3) is 5.91 Å². The number of fused-ring (bicyclic) bond motifs is 1. The molecular formula is C17H17F2N3O4. The number of esters is 1. The van der Waals surface area contributed by atoms with Gasteiger partial charge in [-0.2, -0.15) is 9.78 Å². The molecule has 0 saturated carbocycles. The number of hydrogen-bond acceptors (Lipinski definition) is 6. The minimum absolute atomic E-state index is 0.0339. The third-order valence-corrected chi connectivity index (χ3v) is 4.11. The molecule has 1 aromatic carbocycles. The standard InChI is InChI=1S/C17H17F2N3O4/c1-3-11-12(9-6-5-8(18)7-10(9)19)14-20-15(23)13(17(25)26-4-2)16(24)22(14)21-11/h5-7,13,15,20,23H,3-4H2,1-2H3. The minimum Gasteiger partial charge on any atom is -0.465 e. The van der Waals surface area contributed by atoms with E-state index >= 15 is 0 Å². The summed E-state index contributed by atoms with van der Waals surface area (Å²) in [6.07, 6.45) is -1.21. The van der Waals surface area contributed by atoms with Crippen LogP contribution in [0.3, 0.4) is 0 Å². The van der Waals surface area contributed by atoms with E-state index in [2.05, 4.69) is 10.4 Å². The Morgan fingerprint density at radius 2 is 2.12 bits per heavy atom. The third kappa shape index (κ3) is 2.84. The molecule has 7 nitrogen and oxygen atoms in total. The highest BCUT2D eigenvalue weighted by Crippen LogP contribution is 2.37. The Labute approximate surface area is 147 Å². The second kappa shape index (κ2) is 6.83. The average molecular weight is 365 g/mol. The minimum atomic E-state index is -1.56. The number of aliphatic hydroxyl groups is 1. The molecule has 3 rings (SSSR count). The number of aryl methyl sites for hydroxylation is 1. The molecule has 0 amide bonds. The van der Waals surface area contributed by atoms with Gasteiger partial charge in [-0.25, -0.2) is 8.78 Å². The van der Waals surface area contributed by atoms with Gasteiger partial charge in [0.05, 0.1) is 17.9 Å². The van der Waals surface area contributed by atoms with Crippen molar-refractivity contribution >= 4 is 17.7 Å². The van der Waals surface area contributed by atoms with Gasteiger partial charge in [0.1, 0.15) is 23.7 Å². The molecule has 0 spiro atoms. The van der Waals surface area contributed by atoms with Gasteiger partial charge in [-0.1, -0.05) is 6.92 Å². The maximum absolute atomic E-state index is 14.3. The monoisotopic (exact) mass is 365 g/mol.